The predicted octanol–water partition coefficient (Wildman–Crippen LogP) is 4.47. The van der Waals surface area contributed by atoms with E-state index in [9.17, 15) is 9.59 Å². The summed E-state index contributed by atoms with van der Waals surface area (Å²) < 4.78 is 6.25. The summed E-state index contributed by atoms with van der Waals surface area (Å²) in [5.74, 6) is 0.479. The maximum atomic E-state index is 13.4. The number of fused-ring (bicyclic) bond motifs is 1. The van der Waals surface area contributed by atoms with Gasteiger partial charge in [0.05, 0.1) is 10.9 Å². The number of hydrogen-bond donors (Lipinski definition) is 0. The van der Waals surface area contributed by atoms with E-state index in [4.69, 9.17) is 4.42 Å². The Hall–Kier alpha value is -2.92. The molecule has 2 fully saturated rings. The van der Waals surface area contributed by atoms with Crippen molar-refractivity contribution >= 4 is 16.9 Å². The monoisotopic (exact) mass is 416 g/mol. The van der Waals surface area contributed by atoms with Crippen LogP contribution in [0.15, 0.2) is 57.7 Å². The van der Waals surface area contributed by atoms with E-state index in [0.717, 1.165) is 18.7 Å². The van der Waals surface area contributed by atoms with Gasteiger partial charge in [-0.05, 0) is 31.9 Å². The van der Waals surface area contributed by atoms with Gasteiger partial charge in [-0.1, -0.05) is 49.2 Å². The molecule has 2 aromatic carbocycles. The first-order valence-corrected chi connectivity index (χ1v) is 11.3. The van der Waals surface area contributed by atoms with Crippen LogP contribution in [0.3, 0.4) is 0 Å². The summed E-state index contributed by atoms with van der Waals surface area (Å²) in [6, 6.07) is 15.6. The van der Waals surface area contributed by atoms with Gasteiger partial charge in [0, 0.05) is 43.3 Å². The molecular weight excluding hydrogens is 388 g/mol. The Labute approximate surface area is 182 Å². The van der Waals surface area contributed by atoms with Gasteiger partial charge in [-0.3, -0.25) is 14.5 Å². The third-order valence-corrected chi connectivity index (χ3v) is 6.85. The summed E-state index contributed by atoms with van der Waals surface area (Å²) in [5.41, 5.74) is 2.18. The summed E-state index contributed by atoms with van der Waals surface area (Å²) in [6.45, 7) is 5.05. The van der Waals surface area contributed by atoms with E-state index < -0.39 is 0 Å². The van der Waals surface area contributed by atoms with Crippen LogP contribution in [-0.4, -0.2) is 47.9 Å². The van der Waals surface area contributed by atoms with Crippen LogP contribution < -0.4 is 5.43 Å². The number of benzene rings is 2. The van der Waals surface area contributed by atoms with Crippen molar-refractivity contribution in [3.8, 4) is 11.3 Å². The zero-order valence-corrected chi connectivity index (χ0v) is 18.0. The minimum Gasteiger partial charge on any atom is -0.455 e. The first kappa shape index (κ1) is 20.0. The minimum absolute atomic E-state index is 0.0531. The van der Waals surface area contributed by atoms with E-state index in [2.05, 4.69) is 4.90 Å². The summed E-state index contributed by atoms with van der Waals surface area (Å²) >= 11 is 0. The van der Waals surface area contributed by atoms with Crippen molar-refractivity contribution in [2.24, 2.45) is 0 Å². The standard InChI is InChI=1S/C26H28N2O3/c1-18-23(29)21-12-7-13-22(25(21)31-24(18)19-8-3-2-4-9-19)26(30)28-16-14-27(15-17-28)20-10-5-6-11-20/h2-4,7-9,12-13,20H,5-6,10-11,14-17H2,1H3. The molecule has 0 atom stereocenters. The Bertz CT molecular complexity index is 1150. The topological polar surface area (TPSA) is 53.8 Å². The Morgan fingerprint density at radius 2 is 1.65 bits per heavy atom. The van der Waals surface area contributed by atoms with E-state index in [1.54, 1.807) is 25.1 Å². The average Bonchev–Trinajstić information content (AvgIpc) is 3.36. The van der Waals surface area contributed by atoms with E-state index >= 15 is 0 Å². The van der Waals surface area contributed by atoms with E-state index in [1.807, 2.05) is 35.2 Å². The second-order valence-electron chi connectivity index (χ2n) is 8.70. The number of rotatable bonds is 3. The van der Waals surface area contributed by atoms with Crippen LogP contribution in [0.2, 0.25) is 0 Å². The van der Waals surface area contributed by atoms with Gasteiger partial charge in [0.25, 0.3) is 5.91 Å². The smallest absolute Gasteiger partial charge is 0.257 e. The van der Waals surface area contributed by atoms with Crippen molar-refractivity contribution in [3.05, 3.63) is 69.9 Å². The van der Waals surface area contributed by atoms with Gasteiger partial charge < -0.3 is 9.32 Å². The van der Waals surface area contributed by atoms with Crippen LogP contribution in [0.5, 0.6) is 0 Å². The van der Waals surface area contributed by atoms with Crippen molar-refractivity contribution in [1.82, 2.24) is 9.80 Å². The van der Waals surface area contributed by atoms with Gasteiger partial charge >= 0.3 is 0 Å². The lowest BCUT2D eigenvalue weighted by atomic mass is 10.0. The fourth-order valence-electron chi connectivity index (χ4n) is 5.07. The second-order valence-corrected chi connectivity index (χ2v) is 8.70. The molecular formula is C26H28N2O3. The highest BCUT2D eigenvalue weighted by Crippen LogP contribution is 2.29. The number of carbonyl (C=O) groups excluding carboxylic acids is 1. The van der Waals surface area contributed by atoms with Crippen molar-refractivity contribution in [3.63, 3.8) is 0 Å². The van der Waals surface area contributed by atoms with Gasteiger partial charge in [-0.2, -0.15) is 0 Å². The van der Waals surface area contributed by atoms with Gasteiger partial charge in [-0.25, -0.2) is 0 Å². The predicted molar refractivity (Wildman–Crippen MR) is 122 cm³/mol. The molecule has 0 radical (unpaired) electrons. The molecule has 0 unspecified atom stereocenters. The normalized spacial score (nSPS) is 18.0. The molecule has 2 aliphatic rings. The van der Waals surface area contributed by atoms with Crippen molar-refractivity contribution < 1.29 is 9.21 Å². The largest absolute Gasteiger partial charge is 0.455 e. The lowest BCUT2D eigenvalue weighted by molar-refractivity contribution is 0.0574. The number of para-hydroxylation sites is 1. The maximum absolute atomic E-state index is 13.4. The quantitative estimate of drug-likeness (QED) is 0.632. The Morgan fingerprint density at radius 1 is 0.935 bits per heavy atom. The van der Waals surface area contributed by atoms with Gasteiger partial charge in [0.1, 0.15) is 5.76 Å². The zero-order valence-electron chi connectivity index (χ0n) is 18.0. The Kier molecular flexibility index (Phi) is 5.36. The maximum Gasteiger partial charge on any atom is 0.257 e. The fourth-order valence-corrected chi connectivity index (χ4v) is 5.07. The molecule has 5 heteroatoms. The SMILES string of the molecule is Cc1c(-c2ccccc2)oc2c(C(=O)N3CCN(C4CCCC4)CC3)cccc2c1=O. The molecule has 0 N–H and O–H groups in total. The van der Waals surface area contributed by atoms with Crippen LogP contribution >= 0.6 is 0 Å². The molecule has 1 aromatic heterocycles. The molecule has 5 rings (SSSR count). The molecule has 1 saturated carbocycles. The first-order chi connectivity index (χ1) is 15.1. The average molecular weight is 417 g/mol. The number of amides is 1. The molecule has 5 nitrogen and oxygen atoms in total. The molecule has 0 bridgehead atoms. The highest BCUT2D eigenvalue weighted by atomic mass is 16.3. The first-order valence-electron chi connectivity index (χ1n) is 11.3. The summed E-state index contributed by atoms with van der Waals surface area (Å²) in [4.78, 5) is 30.9. The van der Waals surface area contributed by atoms with Gasteiger partial charge in [-0.15, -0.1) is 0 Å². The molecule has 31 heavy (non-hydrogen) atoms. The minimum atomic E-state index is -0.0826. The molecule has 1 amide bonds. The van der Waals surface area contributed by atoms with E-state index in [-0.39, 0.29) is 11.3 Å². The van der Waals surface area contributed by atoms with Crippen molar-refractivity contribution in [2.75, 3.05) is 26.2 Å². The van der Waals surface area contributed by atoms with Crippen LogP contribution in [0, 0.1) is 6.92 Å². The fraction of sp³-hybridized carbons (Fsp3) is 0.385. The highest BCUT2D eigenvalue weighted by molar-refractivity contribution is 6.05. The zero-order chi connectivity index (χ0) is 21.4. The van der Waals surface area contributed by atoms with Crippen LogP contribution in [-0.2, 0) is 0 Å². The lowest BCUT2D eigenvalue weighted by Gasteiger charge is -2.38. The number of carbonyl (C=O) groups is 1. The van der Waals surface area contributed by atoms with E-state index in [1.165, 1.54) is 25.7 Å². The summed E-state index contributed by atoms with van der Waals surface area (Å²) in [7, 11) is 0. The summed E-state index contributed by atoms with van der Waals surface area (Å²) in [5, 5.41) is 0.465. The molecule has 0 spiro atoms. The van der Waals surface area contributed by atoms with Crippen LogP contribution in [0.4, 0.5) is 0 Å². The highest BCUT2D eigenvalue weighted by Gasteiger charge is 2.29. The molecule has 160 valence electrons. The van der Waals surface area contributed by atoms with Crippen LogP contribution in [0.25, 0.3) is 22.3 Å². The lowest BCUT2D eigenvalue weighted by Crippen LogP contribution is -2.51. The van der Waals surface area contributed by atoms with Gasteiger partial charge in [0.2, 0.25) is 0 Å². The second kappa shape index (κ2) is 8.31. The third kappa shape index (κ3) is 3.68. The van der Waals surface area contributed by atoms with Gasteiger partial charge in [0.15, 0.2) is 11.0 Å². The van der Waals surface area contributed by atoms with Crippen LogP contribution in [0.1, 0.15) is 41.6 Å². The molecule has 1 aliphatic heterocycles. The summed E-state index contributed by atoms with van der Waals surface area (Å²) in [6.07, 6.45) is 5.21. The Morgan fingerprint density at radius 3 is 2.35 bits per heavy atom. The number of piperazine rings is 1. The molecule has 1 aliphatic carbocycles. The number of nitrogens with zero attached hydrogens (tertiary/aromatic N) is 2. The molecule has 3 aromatic rings. The molecule has 1 saturated heterocycles. The molecule has 2 heterocycles. The van der Waals surface area contributed by atoms with Crippen molar-refractivity contribution in [2.45, 2.75) is 38.6 Å². The van der Waals surface area contributed by atoms with E-state index in [0.29, 0.717) is 47.0 Å². The third-order valence-electron chi connectivity index (χ3n) is 6.85. The number of hydrogen-bond acceptors (Lipinski definition) is 4. The Balaban J connectivity index is 1.48. The van der Waals surface area contributed by atoms with Crippen molar-refractivity contribution in [1.29, 1.82) is 0 Å².